The Kier molecular flexibility index (Phi) is 6.83. The first kappa shape index (κ1) is 21.5. The number of carbonyl (C=O) groups excluding carboxylic acids is 1. The van der Waals surface area contributed by atoms with Gasteiger partial charge in [0.2, 0.25) is 0 Å². The molecule has 0 aliphatic carbocycles. The number of hydroxylamine groups is 1. The van der Waals surface area contributed by atoms with Crippen molar-refractivity contribution >= 4 is 21.7 Å². The SMILES string of the molecule is CON(C)S(=O)(=O)c1ccc(NC(=O)NCCc2ccn(-c3ccccc3)n2)cc1. The van der Waals surface area contributed by atoms with Crippen LogP contribution in [0, 0.1) is 0 Å². The first-order valence-corrected chi connectivity index (χ1v) is 10.6. The van der Waals surface area contributed by atoms with Crippen LogP contribution in [-0.2, 0) is 21.3 Å². The predicted molar refractivity (Wildman–Crippen MR) is 113 cm³/mol. The fourth-order valence-corrected chi connectivity index (χ4v) is 3.63. The highest BCUT2D eigenvalue weighted by molar-refractivity contribution is 7.89. The normalized spacial score (nSPS) is 11.4. The van der Waals surface area contributed by atoms with E-state index < -0.39 is 10.0 Å². The third-order valence-electron chi connectivity index (χ3n) is 4.34. The summed E-state index contributed by atoms with van der Waals surface area (Å²) in [6.07, 6.45) is 2.45. The molecule has 0 saturated heterocycles. The van der Waals surface area contributed by atoms with E-state index in [0.717, 1.165) is 15.8 Å². The highest BCUT2D eigenvalue weighted by Gasteiger charge is 2.20. The van der Waals surface area contributed by atoms with Crippen molar-refractivity contribution in [2.75, 3.05) is 26.0 Å². The Balaban J connectivity index is 1.49. The van der Waals surface area contributed by atoms with E-state index in [9.17, 15) is 13.2 Å². The van der Waals surface area contributed by atoms with E-state index in [1.165, 1.54) is 38.4 Å². The third kappa shape index (κ3) is 5.23. The first-order chi connectivity index (χ1) is 14.4. The summed E-state index contributed by atoms with van der Waals surface area (Å²) in [5, 5.41) is 9.91. The summed E-state index contributed by atoms with van der Waals surface area (Å²) >= 11 is 0. The molecule has 30 heavy (non-hydrogen) atoms. The van der Waals surface area contributed by atoms with Gasteiger partial charge in [0.1, 0.15) is 0 Å². The summed E-state index contributed by atoms with van der Waals surface area (Å²) in [5.74, 6) is 0. The number of benzene rings is 2. The number of urea groups is 1. The molecule has 0 bridgehead atoms. The number of anilines is 1. The summed E-state index contributed by atoms with van der Waals surface area (Å²) < 4.78 is 26.9. The molecule has 0 radical (unpaired) electrons. The lowest BCUT2D eigenvalue weighted by atomic mass is 10.3. The monoisotopic (exact) mass is 429 g/mol. The predicted octanol–water partition coefficient (Wildman–Crippen LogP) is 2.42. The number of carbonyl (C=O) groups is 1. The van der Waals surface area contributed by atoms with Crippen molar-refractivity contribution in [2.45, 2.75) is 11.3 Å². The number of amides is 2. The van der Waals surface area contributed by atoms with Crippen molar-refractivity contribution in [3.63, 3.8) is 0 Å². The van der Waals surface area contributed by atoms with Gasteiger partial charge in [-0.05, 0) is 42.5 Å². The van der Waals surface area contributed by atoms with Crippen molar-refractivity contribution in [1.29, 1.82) is 0 Å². The molecule has 1 heterocycles. The lowest BCUT2D eigenvalue weighted by Crippen LogP contribution is -2.30. The molecular weight excluding hydrogens is 406 g/mol. The Bertz CT molecular complexity index is 1080. The van der Waals surface area contributed by atoms with Gasteiger partial charge in [0, 0.05) is 31.9 Å². The Morgan fingerprint density at radius 1 is 1.10 bits per heavy atom. The van der Waals surface area contributed by atoms with E-state index in [-0.39, 0.29) is 10.9 Å². The second-order valence-electron chi connectivity index (χ2n) is 6.34. The van der Waals surface area contributed by atoms with Crippen LogP contribution < -0.4 is 10.6 Å². The molecule has 158 valence electrons. The largest absolute Gasteiger partial charge is 0.337 e. The maximum atomic E-state index is 12.2. The molecule has 1 aromatic heterocycles. The van der Waals surface area contributed by atoms with E-state index in [1.54, 1.807) is 4.68 Å². The topological polar surface area (TPSA) is 106 Å². The molecule has 0 unspecified atom stereocenters. The fourth-order valence-electron chi connectivity index (χ4n) is 2.66. The van der Waals surface area contributed by atoms with Gasteiger partial charge in [0.05, 0.1) is 23.4 Å². The van der Waals surface area contributed by atoms with Crippen LogP contribution in [-0.4, -0.2) is 49.4 Å². The van der Waals surface area contributed by atoms with Gasteiger partial charge >= 0.3 is 6.03 Å². The quantitative estimate of drug-likeness (QED) is 0.535. The van der Waals surface area contributed by atoms with E-state index in [1.807, 2.05) is 42.6 Å². The minimum atomic E-state index is -3.72. The molecule has 0 fully saturated rings. The second-order valence-corrected chi connectivity index (χ2v) is 8.28. The zero-order valence-electron chi connectivity index (χ0n) is 16.6. The van der Waals surface area contributed by atoms with Crippen LogP contribution in [0.5, 0.6) is 0 Å². The number of rotatable bonds is 8. The average molecular weight is 430 g/mol. The maximum Gasteiger partial charge on any atom is 0.319 e. The number of hydrogen-bond donors (Lipinski definition) is 2. The lowest BCUT2D eigenvalue weighted by Gasteiger charge is -2.14. The van der Waals surface area contributed by atoms with Crippen LogP contribution in [0.25, 0.3) is 5.69 Å². The standard InChI is InChI=1S/C20H23N5O4S/c1-24(29-2)30(27,28)19-10-8-16(9-11-19)22-20(26)21-14-12-17-13-15-25(23-17)18-6-4-3-5-7-18/h3-11,13,15H,12,14H2,1-2H3,(H2,21,22,26). The smallest absolute Gasteiger partial charge is 0.319 e. The van der Waals surface area contributed by atoms with E-state index in [2.05, 4.69) is 15.7 Å². The molecule has 0 atom stereocenters. The number of para-hydroxylation sites is 1. The number of aromatic nitrogens is 2. The molecule has 0 saturated carbocycles. The van der Waals surface area contributed by atoms with Crippen molar-refractivity contribution in [3.05, 3.63) is 72.6 Å². The Labute approximate surface area is 175 Å². The minimum Gasteiger partial charge on any atom is -0.337 e. The van der Waals surface area contributed by atoms with Crippen molar-refractivity contribution in [1.82, 2.24) is 19.6 Å². The molecule has 9 nitrogen and oxygen atoms in total. The van der Waals surface area contributed by atoms with Crippen LogP contribution in [0.3, 0.4) is 0 Å². The summed E-state index contributed by atoms with van der Waals surface area (Å²) in [7, 11) is -1.15. The molecule has 3 rings (SSSR count). The zero-order valence-corrected chi connectivity index (χ0v) is 17.5. The molecule has 0 aliphatic rings. The third-order valence-corrected chi connectivity index (χ3v) is 6.03. The molecule has 3 aromatic rings. The van der Waals surface area contributed by atoms with Crippen LogP contribution >= 0.6 is 0 Å². The Morgan fingerprint density at radius 2 is 1.80 bits per heavy atom. The number of hydrogen-bond acceptors (Lipinski definition) is 5. The molecule has 0 aliphatic heterocycles. The maximum absolute atomic E-state index is 12.2. The minimum absolute atomic E-state index is 0.0619. The van der Waals surface area contributed by atoms with Gasteiger partial charge in [-0.2, -0.15) is 5.10 Å². The van der Waals surface area contributed by atoms with E-state index in [0.29, 0.717) is 18.7 Å². The van der Waals surface area contributed by atoms with Crippen molar-refractivity contribution < 1.29 is 18.0 Å². The summed E-state index contributed by atoms with van der Waals surface area (Å²) in [5.41, 5.74) is 2.30. The highest BCUT2D eigenvalue weighted by Crippen LogP contribution is 2.17. The summed E-state index contributed by atoms with van der Waals surface area (Å²) in [6.45, 7) is 0.405. The van der Waals surface area contributed by atoms with E-state index in [4.69, 9.17) is 4.84 Å². The molecule has 2 amide bonds. The Morgan fingerprint density at radius 3 is 2.47 bits per heavy atom. The van der Waals surface area contributed by atoms with Gasteiger partial charge in [-0.3, -0.25) is 4.84 Å². The molecule has 2 aromatic carbocycles. The van der Waals surface area contributed by atoms with Gasteiger partial charge in [0.25, 0.3) is 10.0 Å². The number of nitrogens with zero attached hydrogens (tertiary/aromatic N) is 3. The van der Waals surface area contributed by atoms with E-state index >= 15 is 0 Å². The highest BCUT2D eigenvalue weighted by atomic mass is 32.2. The van der Waals surface area contributed by atoms with Gasteiger partial charge in [-0.25, -0.2) is 17.9 Å². The molecule has 10 heteroatoms. The van der Waals surface area contributed by atoms with Crippen LogP contribution in [0.1, 0.15) is 5.69 Å². The summed E-state index contributed by atoms with van der Waals surface area (Å²) in [6, 6.07) is 17.1. The lowest BCUT2D eigenvalue weighted by molar-refractivity contribution is -0.0258. The number of sulfonamides is 1. The molecule has 0 spiro atoms. The summed E-state index contributed by atoms with van der Waals surface area (Å²) in [4.78, 5) is 16.9. The molecular formula is C20H23N5O4S. The van der Waals surface area contributed by atoms with Crippen LogP contribution in [0.4, 0.5) is 10.5 Å². The van der Waals surface area contributed by atoms with Crippen molar-refractivity contribution in [3.8, 4) is 5.69 Å². The van der Waals surface area contributed by atoms with Gasteiger partial charge in [-0.1, -0.05) is 22.7 Å². The van der Waals surface area contributed by atoms with Gasteiger partial charge in [-0.15, -0.1) is 0 Å². The van der Waals surface area contributed by atoms with Gasteiger partial charge in [0.15, 0.2) is 0 Å². The van der Waals surface area contributed by atoms with Gasteiger partial charge < -0.3 is 10.6 Å². The van der Waals surface area contributed by atoms with Crippen LogP contribution in [0.2, 0.25) is 0 Å². The van der Waals surface area contributed by atoms with Crippen LogP contribution in [0.15, 0.2) is 71.8 Å². The number of nitrogens with one attached hydrogen (secondary N) is 2. The zero-order chi connectivity index (χ0) is 21.6. The Hall–Kier alpha value is -3.21. The fraction of sp³-hybridized carbons (Fsp3) is 0.200. The second kappa shape index (κ2) is 9.53. The molecule has 2 N–H and O–H groups in total. The van der Waals surface area contributed by atoms with Crippen molar-refractivity contribution in [2.24, 2.45) is 0 Å². The average Bonchev–Trinajstić information content (AvgIpc) is 3.23. The first-order valence-electron chi connectivity index (χ1n) is 9.18.